The number of benzene rings is 1. The Balaban J connectivity index is 1.69. The van der Waals surface area contributed by atoms with E-state index in [2.05, 4.69) is 20.1 Å². The van der Waals surface area contributed by atoms with Crippen molar-refractivity contribution in [1.29, 1.82) is 0 Å². The molecule has 1 amide bonds. The number of ether oxygens (including phenoxy) is 1. The summed E-state index contributed by atoms with van der Waals surface area (Å²) in [6.07, 6.45) is 6.12. The van der Waals surface area contributed by atoms with E-state index >= 15 is 0 Å². The number of hydrogen-bond donors (Lipinski definition) is 1. The number of nitrogens with one attached hydrogen (secondary N) is 1. The van der Waals surface area contributed by atoms with Crippen molar-refractivity contribution >= 4 is 23.4 Å². The van der Waals surface area contributed by atoms with E-state index in [0.29, 0.717) is 17.5 Å². The third kappa shape index (κ3) is 4.20. The second-order valence-electron chi connectivity index (χ2n) is 6.64. The molecular weight excluding hydrogens is 348 g/mol. The van der Waals surface area contributed by atoms with Gasteiger partial charge in [0.15, 0.2) is 5.16 Å². The summed E-state index contributed by atoms with van der Waals surface area (Å²) in [7, 11) is 1.60. The maximum atomic E-state index is 12.6. The lowest BCUT2D eigenvalue weighted by atomic mass is 9.95. The lowest BCUT2D eigenvalue weighted by molar-refractivity contribution is -0.115. The monoisotopic (exact) mass is 374 g/mol. The van der Waals surface area contributed by atoms with Crippen molar-refractivity contribution in [1.82, 2.24) is 14.8 Å². The number of amides is 1. The van der Waals surface area contributed by atoms with Gasteiger partial charge < -0.3 is 14.6 Å². The smallest absolute Gasteiger partial charge is 0.237 e. The van der Waals surface area contributed by atoms with E-state index in [1.54, 1.807) is 7.11 Å². The number of aromatic nitrogens is 3. The third-order valence-corrected chi connectivity index (χ3v) is 5.85. The van der Waals surface area contributed by atoms with Crippen molar-refractivity contribution in [3.05, 3.63) is 30.1 Å². The highest BCUT2D eigenvalue weighted by Gasteiger charge is 2.24. The Labute approximate surface area is 158 Å². The summed E-state index contributed by atoms with van der Waals surface area (Å²) < 4.78 is 7.52. The Morgan fingerprint density at radius 3 is 2.73 bits per heavy atom. The second kappa shape index (κ2) is 8.58. The number of para-hydroxylation sites is 2. The van der Waals surface area contributed by atoms with Crippen LogP contribution in [-0.4, -0.2) is 33.0 Å². The maximum absolute atomic E-state index is 12.6. The lowest BCUT2D eigenvalue weighted by Gasteiger charge is -2.25. The van der Waals surface area contributed by atoms with E-state index in [1.807, 2.05) is 38.1 Å². The van der Waals surface area contributed by atoms with Gasteiger partial charge >= 0.3 is 0 Å². The molecule has 1 aromatic carbocycles. The van der Waals surface area contributed by atoms with Crippen LogP contribution in [0.2, 0.25) is 0 Å². The van der Waals surface area contributed by atoms with Crippen LogP contribution in [0.4, 0.5) is 5.69 Å². The van der Waals surface area contributed by atoms with E-state index in [4.69, 9.17) is 4.74 Å². The molecule has 1 aliphatic rings. The molecule has 0 spiro atoms. The van der Waals surface area contributed by atoms with Crippen molar-refractivity contribution in [3.8, 4) is 5.75 Å². The molecule has 0 saturated heterocycles. The van der Waals surface area contributed by atoms with Gasteiger partial charge in [-0.3, -0.25) is 4.79 Å². The van der Waals surface area contributed by atoms with Crippen LogP contribution in [0.5, 0.6) is 5.75 Å². The fourth-order valence-electron chi connectivity index (χ4n) is 3.38. The first-order chi connectivity index (χ1) is 12.6. The topological polar surface area (TPSA) is 69.0 Å². The van der Waals surface area contributed by atoms with Gasteiger partial charge in [-0.05, 0) is 38.8 Å². The van der Waals surface area contributed by atoms with Gasteiger partial charge in [-0.2, -0.15) is 0 Å². The maximum Gasteiger partial charge on any atom is 0.237 e. The van der Waals surface area contributed by atoms with Crippen molar-refractivity contribution in [2.45, 2.75) is 62.4 Å². The molecule has 0 radical (unpaired) electrons. The van der Waals surface area contributed by atoms with Crippen LogP contribution in [0.15, 0.2) is 29.4 Å². The van der Waals surface area contributed by atoms with Gasteiger partial charge in [0.1, 0.15) is 11.6 Å². The van der Waals surface area contributed by atoms with Crippen molar-refractivity contribution < 1.29 is 9.53 Å². The predicted octanol–water partition coefficient (Wildman–Crippen LogP) is 4.22. The summed E-state index contributed by atoms with van der Waals surface area (Å²) >= 11 is 1.46. The molecule has 26 heavy (non-hydrogen) atoms. The zero-order valence-electron chi connectivity index (χ0n) is 15.6. The molecule has 7 heteroatoms. The van der Waals surface area contributed by atoms with Crippen molar-refractivity contribution in [3.63, 3.8) is 0 Å². The van der Waals surface area contributed by atoms with Crippen LogP contribution >= 0.6 is 11.8 Å². The zero-order valence-corrected chi connectivity index (χ0v) is 16.4. The summed E-state index contributed by atoms with van der Waals surface area (Å²) in [5.74, 6) is 1.51. The first kappa shape index (κ1) is 18.8. The molecule has 1 saturated carbocycles. The second-order valence-corrected chi connectivity index (χ2v) is 7.95. The number of carbonyl (C=O) groups excluding carboxylic acids is 1. The van der Waals surface area contributed by atoms with Gasteiger partial charge in [-0.25, -0.2) is 0 Å². The number of carbonyl (C=O) groups is 1. The largest absolute Gasteiger partial charge is 0.495 e. The Morgan fingerprint density at radius 2 is 2.00 bits per heavy atom. The van der Waals surface area contributed by atoms with E-state index in [1.165, 1.54) is 31.0 Å². The molecule has 0 aliphatic heterocycles. The molecule has 140 valence electrons. The van der Waals surface area contributed by atoms with E-state index in [-0.39, 0.29) is 11.2 Å². The molecule has 6 nitrogen and oxygen atoms in total. The van der Waals surface area contributed by atoms with Crippen LogP contribution < -0.4 is 10.1 Å². The van der Waals surface area contributed by atoms with Crippen LogP contribution in [-0.2, 0) is 4.79 Å². The van der Waals surface area contributed by atoms with Gasteiger partial charge in [0.2, 0.25) is 5.91 Å². The van der Waals surface area contributed by atoms with Gasteiger partial charge in [0.25, 0.3) is 0 Å². The van der Waals surface area contributed by atoms with E-state index in [9.17, 15) is 4.79 Å². The van der Waals surface area contributed by atoms with E-state index < -0.39 is 0 Å². The number of aryl methyl sites for hydroxylation is 1. The Hall–Kier alpha value is -2.02. The number of methoxy groups -OCH3 is 1. The molecule has 0 bridgehead atoms. The average Bonchev–Trinajstić information content (AvgIpc) is 3.03. The molecule has 3 rings (SSSR count). The van der Waals surface area contributed by atoms with Crippen LogP contribution in [0.3, 0.4) is 0 Å². The minimum absolute atomic E-state index is 0.0738. The van der Waals surface area contributed by atoms with Crippen molar-refractivity contribution in [2.75, 3.05) is 12.4 Å². The van der Waals surface area contributed by atoms with Crippen LogP contribution in [0.1, 0.15) is 50.9 Å². The number of hydrogen-bond acceptors (Lipinski definition) is 5. The van der Waals surface area contributed by atoms with E-state index in [0.717, 1.165) is 23.8 Å². The predicted molar refractivity (Wildman–Crippen MR) is 104 cm³/mol. The summed E-state index contributed by atoms with van der Waals surface area (Å²) in [6, 6.07) is 7.87. The summed E-state index contributed by atoms with van der Waals surface area (Å²) in [5.41, 5.74) is 0.678. The summed E-state index contributed by atoms with van der Waals surface area (Å²) in [4.78, 5) is 12.6. The normalized spacial score (nSPS) is 16.3. The summed E-state index contributed by atoms with van der Waals surface area (Å²) in [5, 5.41) is 12.1. The average molecular weight is 375 g/mol. The molecule has 1 aliphatic carbocycles. The standard InChI is InChI=1S/C19H26N4O2S/c1-13(18(24)20-16-11-7-8-12-17(16)25-3)26-19-22-21-14(2)23(19)15-9-5-4-6-10-15/h7-8,11-13,15H,4-6,9-10H2,1-3H3,(H,20,24). The highest BCUT2D eigenvalue weighted by molar-refractivity contribution is 8.00. The zero-order chi connectivity index (χ0) is 18.5. The Morgan fingerprint density at radius 1 is 1.27 bits per heavy atom. The van der Waals surface area contributed by atoms with Gasteiger partial charge in [0.05, 0.1) is 18.0 Å². The van der Waals surface area contributed by atoms with Crippen LogP contribution in [0, 0.1) is 6.92 Å². The lowest BCUT2D eigenvalue weighted by Crippen LogP contribution is -2.24. The fourth-order valence-corrected chi connectivity index (χ4v) is 4.35. The fraction of sp³-hybridized carbons (Fsp3) is 0.526. The van der Waals surface area contributed by atoms with Gasteiger partial charge in [0, 0.05) is 6.04 Å². The number of anilines is 1. The molecule has 2 aromatic rings. The van der Waals surface area contributed by atoms with Crippen LogP contribution in [0.25, 0.3) is 0 Å². The number of rotatable bonds is 6. The molecule has 1 fully saturated rings. The third-order valence-electron chi connectivity index (χ3n) is 4.79. The first-order valence-electron chi connectivity index (χ1n) is 9.12. The molecule has 1 unspecified atom stereocenters. The number of nitrogens with zero attached hydrogens (tertiary/aromatic N) is 3. The molecule has 1 N–H and O–H groups in total. The minimum Gasteiger partial charge on any atom is -0.495 e. The number of thioether (sulfide) groups is 1. The first-order valence-corrected chi connectivity index (χ1v) is 10.00. The minimum atomic E-state index is -0.286. The van der Waals surface area contributed by atoms with Gasteiger partial charge in [-0.15, -0.1) is 10.2 Å². The Kier molecular flexibility index (Phi) is 6.19. The van der Waals surface area contributed by atoms with Crippen molar-refractivity contribution in [2.24, 2.45) is 0 Å². The van der Waals surface area contributed by atoms with Gasteiger partial charge in [-0.1, -0.05) is 43.2 Å². The molecule has 1 aromatic heterocycles. The molecule has 1 heterocycles. The SMILES string of the molecule is COc1ccccc1NC(=O)C(C)Sc1nnc(C)n1C1CCCCC1. The summed E-state index contributed by atoms with van der Waals surface area (Å²) in [6.45, 7) is 3.88. The highest BCUT2D eigenvalue weighted by Crippen LogP contribution is 2.34. The quantitative estimate of drug-likeness (QED) is 0.767. The molecule has 1 atom stereocenters. The highest BCUT2D eigenvalue weighted by atomic mass is 32.2. The molecular formula is C19H26N4O2S. The Bertz CT molecular complexity index is 756.